The molecule has 0 bridgehead atoms. The van der Waals surface area contributed by atoms with Crippen molar-refractivity contribution >= 4 is 5.91 Å². The first-order valence-electron chi connectivity index (χ1n) is 5.46. The minimum absolute atomic E-state index is 0.477. The van der Waals surface area contributed by atoms with E-state index in [4.69, 9.17) is 4.74 Å². The molecule has 98 valence electrons. The third-order valence-electron chi connectivity index (χ3n) is 2.99. The summed E-state index contributed by atoms with van der Waals surface area (Å²) in [6.07, 6.45) is -3.71. The number of halogens is 3. The first-order valence-corrected chi connectivity index (χ1v) is 5.46. The Morgan fingerprint density at radius 3 is 2.78 bits per heavy atom. The SMILES string of the molecule is COc1ccc2c(c1)C(NC(=O)C(F)(F)F)CC2. The van der Waals surface area contributed by atoms with Crippen LogP contribution in [0.25, 0.3) is 0 Å². The molecule has 0 fully saturated rings. The molecule has 1 aliphatic carbocycles. The number of benzene rings is 1. The minimum atomic E-state index is -4.85. The molecule has 1 amide bonds. The molecule has 3 nitrogen and oxygen atoms in total. The standard InChI is InChI=1S/C12H12F3NO2/c1-18-8-4-2-7-3-5-10(9(7)6-8)16-11(17)12(13,14)15/h2,4,6,10H,3,5H2,1H3,(H,16,17). The normalized spacial score (nSPS) is 18.3. The maximum Gasteiger partial charge on any atom is 0.471 e. The lowest BCUT2D eigenvalue weighted by Gasteiger charge is -2.16. The van der Waals surface area contributed by atoms with Crippen LogP contribution < -0.4 is 10.1 Å². The van der Waals surface area contributed by atoms with Gasteiger partial charge in [-0.3, -0.25) is 4.79 Å². The van der Waals surface area contributed by atoms with E-state index in [1.54, 1.807) is 12.1 Å². The van der Waals surface area contributed by atoms with Gasteiger partial charge in [-0.15, -0.1) is 0 Å². The highest BCUT2D eigenvalue weighted by atomic mass is 19.4. The minimum Gasteiger partial charge on any atom is -0.497 e. The van der Waals surface area contributed by atoms with E-state index in [1.807, 2.05) is 11.4 Å². The molecule has 6 heteroatoms. The van der Waals surface area contributed by atoms with E-state index in [-0.39, 0.29) is 0 Å². The number of fused-ring (bicyclic) bond motifs is 1. The summed E-state index contributed by atoms with van der Waals surface area (Å²) in [7, 11) is 1.49. The molecule has 1 atom stereocenters. The third-order valence-corrected chi connectivity index (χ3v) is 2.99. The lowest BCUT2D eigenvalue weighted by atomic mass is 10.1. The van der Waals surface area contributed by atoms with Gasteiger partial charge in [0, 0.05) is 0 Å². The van der Waals surface area contributed by atoms with Crippen molar-refractivity contribution in [3.05, 3.63) is 29.3 Å². The van der Waals surface area contributed by atoms with Gasteiger partial charge in [0.05, 0.1) is 13.2 Å². The molecule has 1 unspecified atom stereocenters. The summed E-state index contributed by atoms with van der Waals surface area (Å²) in [6.45, 7) is 0. The highest BCUT2D eigenvalue weighted by molar-refractivity contribution is 5.82. The molecule has 1 aromatic carbocycles. The molecule has 0 heterocycles. The lowest BCUT2D eigenvalue weighted by molar-refractivity contribution is -0.174. The second kappa shape index (κ2) is 4.51. The Balaban J connectivity index is 2.18. The van der Waals surface area contributed by atoms with Gasteiger partial charge in [-0.1, -0.05) is 6.07 Å². The Morgan fingerprint density at radius 2 is 2.17 bits per heavy atom. The van der Waals surface area contributed by atoms with Gasteiger partial charge in [0.1, 0.15) is 5.75 Å². The van der Waals surface area contributed by atoms with E-state index in [2.05, 4.69) is 0 Å². The van der Waals surface area contributed by atoms with Gasteiger partial charge in [0.2, 0.25) is 0 Å². The quantitative estimate of drug-likeness (QED) is 0.885. The number of ether oxygens (including phenoxy) is 1. The number of hydrogen-bond acceptors (Lipinski definition) is 2. The smallest absolute Gasteiger partial charge is 0.471 e. The Hall–Kier alpha value is -1.72. The van der Waals surface area contributed by atoms with E-state index in [0.717, 1.165) is 5.56 Å². The summed E-state index contributed by atoms with van der Waals surface area (Å²) in [6, 6.07) is 4.65. The van der Waals surface area contributed by atoms with Crippen molar-refractivity contribution in [3.8, 4) is 5.75 Å². The number of amides is 1. The highest BCUT2D eigenvalue weighted by Crippen LogP contribution is 2.34. The molecule has 1 aliphatic rings. The van der Waals surface area contributed by atoms with Gasteiger partial charge < -0.3 is 10.1 Å². The Bertz CT molecular complexity index is 471. The number of aryl methyl sites for hydroxylation is 1. The van der Waals surface area contributed by atoms with Gasteiger partial charge in [-0.25, -0.2) is 0 Å². The van der Waals surface area contributed by atoms with Crippen molar-refractivity contribution in [1.82, 2.24) is 5.32 Å². The zero-order valence-corrected chi connectivity index (χ0v) is 9.67. The fourth-order valence-corrected chi connectivity index (χ4v) is 2.10. The second-order valence-corrected chi connectivity index (χ2v) is 4.13. The predicted molar refractivity (Wildman–Crippen MR) is 58.3 cm³/mol. The van der Waals surface area contributed by atoms with Gasteiger partial charge >= 0.3 is 12.1 Å². The number of carbonyl (C=O) groups is 1. The Labute approximate surface area is 102 Å². The summed E-state index contributed by atoms with van der Waals surface area (Å²) >= 11 is 0. The van der Waals surface area contributed by atoms with E-state index in [9.17, 15) is 18.0 Å². The highest BCUT2D eigenvalue weighted by Gasteiger charge is 2.40. The molecule has 1 N–H and O–H groups in total. The number of carbonyl (C=O) groups excluding carboxylic acids is 1. The predicted octanol–water partition coefficient (Wildman–Crippen LogP) is 2.36. The zero-order valence-electron chi connectivity index (χ0n) is 9.67. The molecule has 2 rings (SSSR count). The summed E-state index contributed by atoms with van der Waals surface area (Å²) in [5.41, 5.74) is 1.65. The van der Waals surface area contributed by atoms with Gasteiger partial charge in [-0.2, -0.15) is 13.2 Å². The summed E-state index contributed by atoms with van der Waals surface area (Å²) in [5.74, 6) is -1.33. The maximum atomic E-state index is 12.2. The van der Waals surface area contributed by atoms with E-state index in [0.29, 0.717) is 24.2 Å². The molecule has 0 radical (unpaired) electrons. The number of alkyl halides is 3. The van der Waals surface area contributed by atoms with E-state index < -0.39 is 18.1 Å². The van der Waals surface area contributed by atoms with Crippen LogP contribution in [0, 0.1) is 0 Å². The molecule has 0 aromatic heterocycles. The first kappa shape index (κ1) is 12.7. The molecular formula is C12H12F3NO2. The van der Waals surface area contributed by atoms with Crippen molar-refractivity contribution in [1.29, 1.82) is 0 Å². The average molecular weight is 259 g/mol. The van der Waals surface area contributed by atoms with Crippen LogP contribution in [-0.2, 0) is 11.2 Å². The van der Waals surface area contributed by atoms with E-state index >= 15 is 0 Å². The molecular weight excluding hydrogens is 247 g/mol. The maximum absolute atomic E-state index is 12.2. The van der Waals surface area contributed by atoms with Crippen LogP contribution in [0.5, 0.6) is 5.75 Å². The van der Waals surface area contributed by atoms with Crippen molar-refractivity contribution in [2.75, 3.05) is 7.11 Å². The zero-order chi connectivity index (χ0) is 13.3. The molecule has 0 spiro atoms. The van der Waals surface area contributed by atoms with Crippen LogP contribution in [0.2, 0.25) is 0 Å². The molecule has 1 aromatic rings. The first-order chi connectivity index (χ1) is 8.41. The molecule has 0 saturated carbocycles. The Morgan fingerprint density at radius 1 is 1.44 bits per heavy atom. The van der Waals surface area contributed by atoms with Crippen molar-refractivity contribution in [2.45, 2.75) is 25.1 Å². The fourth-order valence-electron chi connectivity index (χ4n) is 2.10. The second-order valence-electron chi connectivity index (χ2n) is 4.13. The van der Waals surface area contributed by atoms with Crippen LogP contribution in [-0.4, -0.2) is 19.2 Å². The largest absolute Gasteiger partial charge is 0.497 e. The number of hydrogen-bond donors (Lipinski definition) is 1. The number of nitrogens with one attached hydrogen (secondary N) is 1. The Kier molecular flexibility index (Phi) is 3.19. The summed E-state index contributed by atoms with van der Waals surface area (Å²) in [4.78, 5) is 10.9. The van der Waals surface area contributed by atoms with Crippen LogP contribution in [0.4, 0.5) is 13.2 Å². The van der Waals surface area contributed by atoms with Crippen LogP contribution in [0.1, 0.15) is 23.6 Å². The van der Waals surface area contributed by atoms with E-state index in [1.165, 1.54) is 7.11 Å². The third kappa shape index (κ3) is 2.42. The average Bonchev–Trinajstić information content (AvgIpc) is 2.70. The van der Waals surface area contributed by atoms with Crippen LogP contribution >= 0.6 is 0 Å². The van der Waals surface area contributed by atoms with Crippen LogP contribution in [0.3, 0.4) is 0 Å². The number of rotatable bonds is 2. The monoisotopic (exact) mass is 259 g/mol. The topological polar surface area (TPSA) is 38.3 Å². The fraction of sp³-hybridized carbons (Fsp3) is 0.417. The van der Waals surface area contributed by atoms with Crippen LogP contribution in [0.15, 0.2) is 18.2 Å². The van der Waals surface area contributed by atoms with Gasteiger partial charge in [0.25, 0.3) is 0 Å². The molecule has 0 saturated heterocycles. The van der Waals surface area contributed by atoms with Crippen molar-refractivity contribution in [3.63, 3.8) is 0 Å². The number of methoxy groups -OCH3 is 1. The molecule has 18 heavy (non-hydrogen) atoms. The van der Waals surface area contributed by atoms with Crippen molar-refractivity contribution < 1.29 is 22.7 Å². The molecule has 0 aliphatic heterocycles. The summed E-state index contributed by atoms with van der Waals surface area (Å²) < 4.78 is 41.6. The van der Waals surface area contributed by atoms with Crippen molar-refractivity contribution in [2.24, 2.45) is 0 Å². The van der Waals surface area contributed by atoms with Gasteiger partial charge in [-0.05, 0) is 36.1 Å². The lowest BCUT2D eigenvalue weighted by Crippen LogP contribution is -2.38. The summed E-state index contributed by atoms with van der Waals surface area (Å²) in [5, 5.41) is 2.01. The van der Waals surface area contributed by atoms with Gasteiger partial charge in [0.15, 0.2) is 0 Å².